The second-order valence-electron chi connectivity index (χ2n) is 7.67. The molecule has 0 spiro atoms. The summed E-state index contributed by atoms with van der Waals surface area (Å²) in [5.41, 5.74) is 3.20. The van der Waals surface area contributed by atoms with Crippen LogP contribution in [0.3, 0.4) is 0 Å². The summed E-state index contributed by atoms with van der Waals surface area (Å²) in [6.07, 6.45) is 0. The van der Waals surface area contributed by atoms with Gasteiger partial charge in [-0.25, -0.2) is 9.18 Å². The summed E-state index contributed by atoms with van der Waals surface area (Å²) in [6, 6.07) is 18.9. The summed E-state index contributed by atoms with van der Waals surface area (Å²) in [6.45, 7) is 1.78. The summed E-state index contributed by atoms with van der Waals surface area (Å²) in [7, 11) is 0. The topological polar surface area (TPSA) is 71.3 Å². The maximum atomic E-state index is 13.5. The maximum absolute atomic E-state index is 13.5. The molecule has 1 N–H and O–H groups in total. The molecule has 1 aliphatic heterocycles. The zero-order chi connectivity index (χ0) is 23.8. The molecule has 6 nitrogen and oxygen atoms in total. The number of hydrogen-bond donors (Lipinski definition) is 1. The highest BCUT2D eigenvalue weighted by Gasteiger charge is 2.36. The molecule has 4 aromatic rings. The highest BCUT2D eigenvalue weighted by Crippen LogP contribution is 2.39. The number of rotatable bonds is 4. The Kier molecular flexibility index (Phi) is 5.81. The van der Waals surface area contributed by atoms with Gasteiger partial charge in [-0.05, 0) is 73.2 Å². The van der Waals surface area contributed by atoms with E-state index in [1.165, 1.54) is 29.2 Å². The summed E-state index contributed by atoms with van der Waals surface area (Å²) >= 11 is 12.1. The third-order valence-electron chi connectivity index (χ3n) is 5.53. The Labute approximate surface area is 204 Å². The van der Waals surface area contributed by atoms with E-state index in [9.17, 15) is 9.18 Å². The van der Waals surface area contributed by atoms with Gasteiger partial charge in [-0.2, -0.15) is 4.98 Å². The lowest BCUT2D eigenvalue weighted by molar-refractivity contribution is 0.244. The first-order valence-corrected chi connectivity index (χ1v) is 11.1. The lowest BCUT2D eigenvalue weighted by atomic mass is 9.94. The zero-order valence-corrected chi connectivity index (χ0v) is 19.3. The number of amides is 2. The number of nitrogens with zero attached hydrogens (tertiary/aromatic N) is 3. The van der Waals surface area contributed by atoms with Gasteiger partial charge in [-0.3, -0.25) is 4.90 Å². The Balaban J connectivity index is 1.64. The molecule has 170 valence electrons. The molecule has 1 aliphatic rings. The van der Waals surface area contributed by atoms with Gasteiger partial charge < -0.3 is 9.84 Å². The van der Waals surface area contributed by atoms with Gasteiger partial charge >= 0.3 is 6.03 Å². The summed E-state index contributed by atoms with van der Waals surface area (Å²) in [5, 5.41) is 8.30. The Bertz CT molecular complexity index is 1380. The van der Waals surface area contributed by atoms with Gasteiger partial charge in [0.25, 0.3) is 5.89 Å². The predicted molar refractivity (Wildman–Crippen MR) is 129 cm³/mol. The van der Waals surface area contributed by atoms with E-state index in [0.717, 1.165) is 11.1 Å². The molecule has 0 fully saturated rings. The largest absolute Gasteiger partial charge is 0.334 e. The van der Waals surface area contributed by atoms with Crippen LogP contribution < -0.4 is 10.2 Å². The van der Waals surface area contributed by atoms with Gasteiger partial charge in [0, 0.05) is 21.3 Å². The molecule has 0 saturated heterocycles. The van der Waals surface area contributed by atoms with Crippen LogP contribution in [0.2, 0.25) is 10.0 Å². The predicted octanol–water partition coefficient (Wildman–Crippen LogP) is 6.88. The number of benzene rings is 3. The maximum Gasteiger partial charge on any atom is 0.326 e. The first-order chi connectivity index (χ1) is 16.4. The first-order valence-electron chi connectivity index (χ1n) is 10.3. The van der Waals surface area contributed by atoms with Gasteiger partial charge in [-0.1, -0.05) is 40.5 Å². The number of carbonyl (C=O) groups is 1. The number of anilines is 1. The molecule has 5 rings (SSSR count). The molecular weight excluding hydrogens is 478 g/mol. The molecule has 2 amide bonds. The van der Waals surface area contributed by atoms with Crippen molar-refractivity contribution in [3.8, 4) is 11.4 Å². The number of carbonyl (C=O) groups excluding carboxylic acids is 1. The van der Waals surface area contributed by atoms with E-state index < -0.39 is 11.9 Å². The van der Waals surface area contributed by atoms with E-state index in [4.69, 9.17) is 27.7 Å². The molecule has 1 atom stereocenters. The summed E-state index contributed by atoms with van der Waals surface area (Å²) in [4.78, 5) is 19.2. The van der Waals surface area contributed by atoms with Crippen LogP contribution in [0.1, 0.15) is 24.4 Å². The Hall–Kier alpha value is -3.68. The van der Waals surface area contributed by atoms with E-state index in [2.05, 4.69) is 15.5 Å². The fourth-order valence-electron chi connectivity index (χ4n) is 3.88. The van der Waals surface area contributed by atoms with Crippen molar-refractivity contribution < 1.29 is 13.7 Å². The minimum atomic E-state index is -0.569. The van der Waals surface area contributed by atoms with Crippen molar-refractivity contribution in [1.29, 1.82) is 0 Å². The van der Waals surface area contributed by atoms with Crippen molar-refractivity contribution in [2.45, 2.75) is 13.0 Å². The minimum Gasteiger partial charge on any atom is -0.334 e. The zero-order valence-electron chi connectivity index (χ0n) is 17.8. The molecule has 34 heavy (non-hydrogen) atoms. The summed E-state index contributed by atoms with van der Waals surface area (Å²) < 4.78 is 19.2. The Morgan fingerprint density at radius 3 is 2.21 bits per heavy atom. The van der Waals surface area contributed by atoms with Gasteiger partial charge in [0.1, 0.15) is 5.82 Å². The molecule has 1 unspecified atom stereocenters. The van der Waals surface area contributed by atoms with E-state index >= 15 is 0 Å². The number of allylic oxidation sites excluding steroid dienone is 1. The molecular formula is C25H17Cl2FN4O2. The van der Waals surface area contributed by atoms with Crippen molar-refractivity contribution in [3.63, 3.8) is 0 Å². The van der Waals surface area contributed by atoms with Crippen molar-refractivity contribution in [3.05, 3.63) is 106 Å². The van der Waals surface area contributed by atoms with Crippen molar-refractivity contribution in [2.75, 3.05) is 4.90 Å². The summed E-state index contributed by atoms with van der Waals surface area (Å²) in [5.74, 6) is 0.230. The fourth-order valence-corrected chi connectivity index (χ4v) is 4.13. The third-order valence-corrected chi connectivity index (χ3v) is 6.04. The highest BCUT2D eigenvalue weighted by molar-refractivity contribution is 6.30. The van der Waals surface area contributed by atoms with Crippen LogP contribution in [0.4, 0.5) is 14.9 Å². The fraction of sp³-hybridized carbons (Fsp3) is 0.0800. The quantitative estimate of drug-likeness (QED) is 0.335. The van der Waals surface area contributed by atoms with Crippen LogP contribution in [0, 0.1) is 5.82 Å². The first kappa shape index (κ1) is 22.1. The SMILES string of the molecule is CC1=C(c2nc(-c3ccc(Cl)cc3)no2)C(c2ccc(Cl)cc2)NC(=O)N1c1ccc(F)cc1. The smallest absolute Gasteiger partial charge is 0.326 e. The number of urea groups is 1. The monoisotopic (exact) mass is 494 g/mol. The lowest BCUT2D eigenvalue weighted by Gasteiger charge is -2.35. The van der Waals surface area contributed by atoms with E-state index in [1.54, 1.807) is 43.3 Å². The molecule has 1 aromatic heterocycles. The van der Waals surface area contributed by atoms with Crippen LogP contribution in [-0.2, 0) is 0 Å². The third kappa shape index (κ3) is 4.16. The average molecular weight is 495 g/mol. The lowest BCUT2D eigenvalue weighted by Crippen LogP contribution is -2.46. The number of nitrogens with one attached hydrogen (secondary N) is 1. The Morgan fingerprint density at radius 1 is 0.941 bits per heavy atom. The van der Waals surface area contributed by atoms with E-state index in [1.807, 2.05) is 12.1 Å². The Morgan fingerprint density at radius 2 is 1.56 bits per heavy atom. The number of aromatic nitrogens is 2. The van der Waals surface area contributed by atoms with Crippen molar-refractivity contribution in [2.24, 2.45) is 0 Å². The van der Waals surface area contributed by atoms with Gasteiger partial charge in [0.15, 0.2) is 0 Å². The molecule has 0 radical (unpaired) electrons. The van der Waals surface area contributed by atoms with E-state index in [-0.39, 0.29) is 11.9 Å². The van der Waals surface area contributed by atoms with Crippen molar-refractivity contribution in [1.82, 2.24) is 15.5 Å². The highest BCUT2D eigenvalue weighted by atomic mass is 35.5. The normalized spacial score (nSPS) is 16.1. The van der Waals surface area contributed by atoms with Gasteiger partial charge in [0.05, 0.1) is 17.3 Å². The van der Waals surface area contributed by atoms with Crippen LogP contribution in [-0.4, -0.2) is 16.2 Å². The van der Waals surface area contributed by atoms with Crippen LogP contribution >= 0.6 is 23.2 Å². The van der Waals surface area contributed by atoms with Crippen LogP contribution in [0.15, 0.2) is 83.0 Å². The molecule has 0 saturated carbocycles. The number of hydrogen-bond acceptors (Lipinski definition) is 4. The second-order valence-corrected chi connectivity index (χ2v) is 8.55. The molecule has 9 heteroatoms. The van der Waals surface area contributed by atoms with Crippen LogP contribution in [0.5, 0.6) is 0 Å². The average Bonchev–Trinajstić information content (AvgIpc) is 3.30. The molecule has 3 aromatic carbocycles. The van der Waals surface area contributed by atoms with E-state index in [0.29, 0.717) is 32.8 Å². The van der Waals surface area contributed by atoms with Gasteiger partial charge in [-0.15, -0.1) is 0 Å². The standard InChI is InChI=1S/C25H17Cl2FN4O2/c1-14-21(24-30-23(31-34-24)16-4-8-18(27)9-5-16)22(15-2-6-17(26)7-3-15)29-25(33)32(14)20-12-10-19(28)11-13-20/h2-13,22H,1H3,(H,29,33). The van der Waals surface area contributed by atoms with Gasteiger partial charge in [0.2, 0.25) is 5.82 Å². The molecule has 0 bridgehead atoms. The van der Waals surface area contributed by atoms with Crippen LogP contribution in [0.25, 0.3) is 17.0 Å². The molecule has 0 aliphatic carbocycles. The minimum absolute atomic E-state index is 0.245. The number of halogens is 3. The second kappa shape index (κ2) is 8.93. The van der Waals surface area contributed by atoms with Crippen molar-refractivity contribution >= 4 is 40.5 Å². The molecule has 2 heterocycles.